The second-order valence-electron chi connectivity index (χ2n) is 6.60. The first-order valence-electron chi connectivity index (χ1n) is 8.76. The summed E-state index contributed by atoms with van der Waals surface area (Å²) in [5.41, 5.74) is 2.56. The van der Waals surface area contributed by atoms with Crippen molar-refractivity contribution < 1.29 is 18.3 Å². The summed E-state index contributed by atoms with van der Waals surface area (Å²) >= 11 is 12.4. The highest BCUT2D eigenvalue weighted by molar-refractivity contribution is 6.35. The SMILES string of the molecule is CCOC(=O)C1Cc2c([nH]c3cc(F)c(F)cc23)C(c2ccc(Cl)cc2Cl)N1. The Morgan fingerprint density at radius 2 is 1.96 bits per heavy atom. The summed E-state index contributed by atoms with van der Waals surface area (Å²) in [4.78, 5) is 15.6. The van der Waals surface area contributed by atoms with E-state index >= 15 is 0 Å². The minimum atomic E-state index is -0.943. The van der Waals surface area contributed by atoms with Crippen molar-refractivity contribution >= 4 is 40.1 Å². The van der Waals surface area contributed by atoms with E-state index in [2.05, 4.69) is 10.3 Å². The van der Waals surface area contributed by atoms with Crippen LogP contribution in [0.3, 0.4) is 0 Å². The van der Waals surface area contributed by atoms with E-state index in [0.717, 1.165) is 17.7 Å². The highest BCUT2D eigenvalue weighted by Crippen LogP contribution is 2.38. The van der Waals surface area contributed by atoms with E-state index in [9.17, 15) is 13.6 Å². The molecule has 0 saturated carbocycles. The predicted molar refractivity (Wildman–Crippen MR) is 104 cm³/mol. The number of benzene rings is 2. The smallest absolute Gasteiger partial charge is 0.323 e. The number of rotatable bonds is 3. The summed E-state index contributed by atoms with van der Waals surface area (Å²) in [5.74, 6) is -2.30. The molecule has 0 spiro atoms. The highest BCUT2D eigenvalue weighted by atomic mass is 35.5. The Kier molecular flexibility index (Phi) is 5.04. The van der Waals surface area contributed by atoms with Crippen LogP contribution in [0, 0.1) is 11.6 Å². The lowest BCUT2D eigenvalue weighted by molar-refractivity contribution is -0.146. The molecule has 146 valence electrons. The normalized spacial score (nSPS) is 18.9. The van der Waals surface area contributed by atoms with Gasteiger partial charge < -0.3 is 9.72 Å². The highest BCUT2D eigenvalue weighted by Gasteiger charge is 2.35. The van der Waals surface area contributed by atoms with Gasteiger partial charge in [-0.15, -0.1) is 0 Å². The van der Waals surface area contributed by atoms with Gasteiger partial charge in [-0.1, -0.05) is 29.3 Å². The molecule has 2 aromatic carbocycles. The molecule has 2 unspecified atom stereocenters. The van der Waals surface area contributed by atoms with Crippen molar-refractivity contribution in [3.05, 3.63) is 68.8 Å². The maximum Gasteiger partial charge on any atom is 0.323 e. The summed E-state index contributed by atoms with van der Waals surface area (Å²) in [6.07, 6.45) is 0.279. The van der Waals surface area contributed by atoms with E-state index < -0.39 is 29.7 Å². The van der Waals surface area contributed by atoms with Crippen molar-refractivity contribution in [2.75, 3.05) is 6.61 Å². The second-order valence-corrected chi connectivity index (χ2v) is 7.45. The fourth-order valence-corrected chi connectivity index (χ4v) is 4.17. The molecule has 0 radical (unpaired) electrons. The first kappa shape index (κ1) is 19.2. The lowest BCUT2D eigenvalue weighted by Crippen LogP contribution is -2.45. The zero-order valence-electron chi connectivity index (χ0n) is 14.8. The third-order valence-corrected chi connectivity index (χ3v) is 5.45. The number of carbonyl (C=O) groups excluding carboxylic acids is 1. The van der Waals surface area contributed by atoms with Gasteiger partial charge in [0.15, 0.2) is 11.6 Å². The van der Waals surface area contributed by atoms with Gasteiger partial charge in [-0.3, -0.25) is 10.1 Å². The third kappa shape index (κ3) is 3.26. The Bertz CT molecular complexity index is 1080. The molecule has 0 saturated heterocycles. The summed E-state index contributed by atoms with van der Waals surface area (Å²) in [6.45, 7) is 1.97. The number of nitrogens with one attached hydrogen (secondary N) is 2. The Hall–Kier alpha value is -2.15. The Morgan fingerprint density at radius 1 is 1.21 bits per heavy atom. The first-order valence-corrected chi connectivity index (χ1v) is 9.51. The lowest BCUT2D eigenvalue weighted by Gasteiger charge is -2.31. The molecule has 8 heteroatoms. The Balaban J connectivity index is 1.89. The zero-order chi connectivity index (χ0) is 20.0. The van der Waals surface area contributed by atoms with Crippen LogP contribution < -0.4 is 5.32 Å². The van der Waals surface area contributed by atoms with Gasteiger partial charge in [-0.05, 0) is 36.2 Å². The molecule has 1 aromatic heterocycles. The number of hydrogen-bond donors (Lipinski definition) is 2. The molecule has 4 nitrogen and oxygen atoms in total. The standard InChI is InChI=1S/C20H16Cl2F2N2O2/c1-2-28-20(27)17-7-12-11-6-14(23)15(24)8-16(11)25-19(12)18(26-17)10-4-3-9(21)5-13(10)22/h3-6,8,17-18,25-26H,2,7H2,1H3. The predicted octanol–water partition coefficient (Wildman–Crippen LogP) is 4.92. The average molecular weight is 425 g/mol. The number of aromatic nitrogens is 1. The Labute approximate surface area is 169 Å². The van der Waals surface area contributed by atoms with Crippen molar-refractivity contribution in [2.45, 2.75) is 25.4 Å². The Morgan fingerprint density at radius 3 is 2.68 bits per heavy atom. The van der Waals surface area contributed by atoms with Gasteiger partial charge in [0.2, 0.25) is 0 Å². The van der Waals surface area contributed by atoms with Crippen molar-refractivity contribution in [1.82, 2.24) is 10.3 Å². The average Bonchev–Trinajstić information content (AvgIpc) is 2.99. The topological polar surface area (TPSA) is 54.1 Å². The number of carbonyl (C=O) groups is 1. The van der Waals surface area contributed by atoms with E-state index in [1.165, 1.54) is 0 Å². The first-order chi connectivity index (χ1) is 13.4. The van der Waals surface area contributed by atoms with Gasteiger partial charge in [-0.2, -0.15) is 0 Å². The monoisotopic (exact) mass is 424 g/mol. The molecule has 0 fully saturated rings. The van der Waals surface area contributed by atoms with Crippen LogP contribution in [0.1, 0.15) is 29.8 Å². The van der Waals surface area contributed by atoms with E-state index in [-0.39, 0.29) is 13.0 Å². The molecule has 0 amide bonds. The van der Waals surface area contributed by atoms with Crippen LogP contribution in [0.5, 0.6) is 0 Å². The van der Waals surface area contributed by atoms with Gasteiger partial charge in [-0.25, -0.2) is 8.78 Å². The minimum Gasteiger partial charge on any atom is -0.465 e. The lowest BCUT2D eigenvalue weighted by atomic mass is 9.90. The third-order valence-electron chi connectivity index (χ3n) is 4.89. The van der Waals surface area contributed by atoms with Gasteiger partial charge in [0.25, 0.3) is 0 Å². The number of esters is 1. The van der Waals surface area contributed by atoms with Crippen LogP contribution >= 0.6 is 23.2 Å². The van der Waals surface area contributed by atoms with Gasteiger partial charge in [0.05, 0.1) is 12.6 Å². The van der Waals surface area contributed by atoms with Crippen LogP contribution in [0.4, 0.5) is 8.78 Å². The number of fused-ring (bicyclic) bond motifs is 3. The molecule has 2 atom stereocenters. The van der Waals surface area contributed by atoms with Crippen molar-refractivity contribution in [3.63, 3.8) is 0 Å². The van der Waals surface area contributed by atoms with Crippen molar-refractivity contribution in [1.29, 1.82) is 0 Å². The van der Waals surface area contributed by atoms with Crippen LogP contribution in [-0.2, 0) is 16.0 Å². The van der Waals surface area contributed by atoms with Crippen LogP contribution in [0.2, 0.25) is 10.0 Å². The summed E-state index contributed by atoms with van der Waals surface area (Å²) < 4.78 is 32.8. The largest absolute Gasteiger partial charge is 0.465 e. The van der Waals surface area contributed by atoms with Crippen molar-refractivity contribution in [2.24, 2.45) is 0 Å². The summed E-state index contributed by atoms with van der Waals surface area (Å²) in [7, 11) is 0. The molecule has 1 aliphatic rings. The molecular weight excluding hydrogens is 409 g/mol. The zero-order valence-corrected chi connectivity index (χ0v) is 16.3. The van der Waals surface area contributed by atoms with Gasteiger partial charge >= 0.3 is 5.97 Å². The van der Waals surface area contributed by atoms with E-state index in [1.54, 1.807) is 25.1 Å². The van der Waals surface area contributed by atoms with Gasteiger partial charge in [0.1, 0.15) is 6.04 Å². The molecule has 4 rings (SSSR count). The number of H-pyrrole nitrogens is 1. The number of aromatic amines is 1. The van der Waals surface area contributed by atoms with E-state index in [1.807, 2.05) is 0 Å². The van der Waals surface area contributed by atoms with Crippen molar-refractivity contribution in [3.8, 4) is 0 Å². The van der Waals surface area contributed by atoms with E-state index in [0.29, 0.717) is 32.2 Å². The van der Waals surface area contributed by atoms with Crippen LogP contribution in [0.15, 0.2) is 30.3 Å². The molecule has 2 heterocycles. The molecular formula is C20H16Cl2F2N2O2. The fraction of sp³-hybridized carbons (Fsp3) is 0.250. The fourth-order valence-electron chi connectivity index (χ4n) is 3.65. The second kappa shape index (κ2) is 7.35. The molecule has 1 aliphatic heterocycles. The molecule has 2 N–H and O–H groups in total. The number of halogens is 4. The minimum absolute atomic E-state index is 0.240. The summed E-state index contributed by atoms with van der Waals surface area (Å²) in [5, 5.41) is 4.66. The molecule has 0 bridgehead atoms. The molecule has 28 heavy (non-hydrogen) atoms. The maximum absolute atomic E-state index is 13.9. The number of hydrogen-bond acceptors (Lipinski definition) is 3. The van der Waals surface area contributed by atoms with Crippen LogP contribution in [0.25, 0.3) is 10.9 Å². The van der Waals surface area contributed by atoms with E-state index in [4.69, 9.17) is 27.9 Å². The maximum atomic E-state index is 13.9. The molecule has 0 aliphatic carbocycles. The van der Waals surface area contributed by atoms with Crippen LogP contribution in [-0.4, -0.2) is 23.6 Å². The number of ether oxygens (including phenoxy) is 1. The molecule has 3 aromatic rings. The van der Waals surface area contributed by atoms with Gasteiger partial charge in [0, 0.05) is 39.1 Å². The quantitative estimate of drug-likeness (QED) is 0.586. The summed E-state index contributed by atoms with van der Waals surface area (Å²) in [6, 6.07) is 6.16.